The molecule has 29 heavy (non-hydrogen) atoms. The number of benzene rings is 2. The Morgan fingerprint density at radius 1 is 1.24 bits per heavy atom. The van der Waals surface area contributed by atoms with Crippen LogP contribution in [0.4, 0.5) is 11.4 Å². The molecular formula is C22H21BrN2O3S. The highest BCUT2D eigenvalue weighted by molar-refractivity contribution is 9.10. The van der Waals surface area contributed by atoms with E-state index in [0.29, 0.717) is 15.6 Å². The lowest BCUT2D eigenvalue weighted by atomic mass is 10.1. The number of halogens is 1. The molecule has 2 aromatic rings. The van der Waals surface area contributed by atoms with Gasteiger partial charge < -0.3 is 14.7 Å². The van der Waals surface area contributed by atoms with Crippen LogP contribution in [0.5, 0.6) is 0 Å². The second-order valence-electron chi connectivity index (χ2n) is 6.41. The number of ether oxygens (including phenoxy) is 1. The lowest BCUT2D eigenvalue weighted by molar-refractivity contribution is -0.138. The lowest BCUT2D eigenvalue weighted by Crippen LogP contribution is -2.12. The fraction of sp³-hybridized carbons (Fsp3) is 0.182. The molecule has 0 saturated carbocycles. The number of anilines is 1. The number of thioether (sulfide) groups is 1. The predicted octanol–water partition coefficient (Wildman–Crippen LogP) is 5.71. The van der Waals surface area contributed by atoms with Gasteiger partial charge >= 0.3 is 5.97 Å². The molecular weight excluding hydrogens is 452 g/mol. The molecule has 1 aliphatic heterocycles. The van der Waals surface area contributed by atoms with Crippen molar-refractivity contribution in [3.8, 4) is 0 Å². The summed E-state index contributed by atoms with van der Waals surface area (Å²) in [4.78, 5) is 19.6. The van der Waals surface area contributed by atoms with Crippen molar-refractivity contribution in [2.45, 2.75) is 6.92 Å². The summed E-state index contributed by atoms with van der Waals surface area (Å²) in [6.45, 7) is 1.95. The summed E-state index contributed by atoms with van der Waals surface area (Å²) in [6, 6.07) is 15.2. The first-order valence-electron chi connectivity index (χ1n) is 9.02. The van der Waals surface area contributed by atoms with Gasteiger partial charge in [0.05, 0.1) is 22.9 Å². The SMILES string of the molecule is CCOC(=O)C1=C(O)/C(=C/c2ccc(N(C)C)c(Br)c2)SC1=Nc1ccccc1. The summed E-state index contributed by atoms with van der Waals surface area (Å²) < 4.78 is 6.07. The van der Waals surface area contributed by atoms with E-state index in [0.717, 1.165) is 15.7 Å². The third-order valence-corrected chi connectivity index (χ3v) is 5.76. The fourth-order valence-corrected chi connectivity index (χ4v) is 4.52. The summed E-state index contributed by atoms with van der Waals surface area (Å²) in [6.07, 6.45) is 1.83. The van der Waals surface area contributed by atoms with Gasteiger partial charge in [-0.2, -0.15) is 0 Å². The van der Waals surface area contributed by atoms with Crippen molar-refractivity contribution >= 4 is 56.2 Å². The molecule has 150 valence electrons. The number of aliphatic hydroxyl groups excluding tert-OH is 1. The third kappa shape index (κ3) is 4.92. The third-order valence-electron chi connectivity index (χ3n) is 4.11. The Hall–Kier alpha value is -2.51. The first-order valence-corrected chi connectivity index (χ1v) is 10.6. The molecule has 0 atom stereocenters. The van der Waals surface area contributed by atoms with Gasteiger partial charge in [0.25, 0.3) is 0 Å². The molecule has 0 aromatic heterocycles. The van der Waals surface area contributed by atoms with E-state index in [4.69, 9.17) is 4.74 Å². The van der Waals surface area contributed by atoms with Gasteiger partial charge in [-0.1, -0.05) is 36.0 Å². The Kier molecular flexibility index (Phi) is 6.82. The number of aliphatic imine (C=N–C) groups is 1. The molecule has 2 aromatic carbocycles. The van der Waals surface area contributed by atoms with Gasteiger partial charge in [-0.15, -0.1) is 0 Å². The molecule has 0 radical (unpaired) electrons. The zero-order valence-electron chi connectivity index (χ0n) is 16.3. The number of para-hydroxylation sites is 1. The van der Waals surface area contributed by atoms with E-state index in [1.54, 1.807) is 6.92 Å². The summed E-state index contributed by atoms with van der Waals surface area (Å²) in [5.41, 5.74) is 2.73. The number of hydrogen-bond acceptors (Lipinski definition) is 6. The Morgan fingerprint density at radius 3 is 2.59 bits per heavy atom. The second-order valence-corrected chi connectivity index (χ2v) is 8.30. The van der Waals surface area contributed by atoms with Crippen LogP contribution in [0.3, 0.4) is 0 Å². The average Bonchev–Trinajstić information content (AvgIpc) is 2.97. The van der Waals surface area contributed by atoms with Crippen LogP contribution in [-0.4, -0.2) is 36.8 Å². The van der Waals surface area contributed by atoms with Gasteiger partial charge in [-0.3, -0.25) is 0 Å². The van der Waals surface area contributed by atoms with Crippen molar-refractivity contribution in [1.29, 1.82) is 0 Å². The normalized spacial score (nSPS) is 16.6. The van der Waals surface area contributed by atoms with Crippen molar-refractivity contribution < 1.29 is 14.6 Å². The minimum absolute atomic E-state index is 0.0935. The van der Waals surface area contributed by atoms with Crippen LogP contribution in [-0.2, 0) is 9.53 Å². The highest BCUT2D eigenvalue weighted by atomic mass is 79.9. The molecule has 1 heterocycles. The maximum Gasteiger partial charge on any atom is 0.344 e. The molecule has 1 N–H and O–H groups in total. The largest absolute Gasteiger partial charge is 0.506 e. The lowest BCUT2D eigenvalue weighted by Gasteiger charge is -2.14. The van der Waals surface area contributed by atoms with Gasteiger partial charge in [0.2, 0.25) is 0 Å². The van der Waals surface area contributed by atoms with Crippen molar-refractivity contribution in [3.05, 3.63) is 74.8 Å². The highest BCUT2D eigenvalue weighted by Gasteiger charge is 2.33. The summed E-state index contributed by atoms with van der Waals surface area (Å²) in [5, 5.41) is 11.2. The maximum absolute atomic E-state index is 12.5. The van der Waals surface area contributed by atoms with E-state index < -0.39 is 5.97 Å². The number of esters is 1. The topological polar surface area (TPSA) is 62.1 Å². The average molecular weight is 473 g/mol. The molecule has 0 saturated heterocycles. The minimum atomic E-state index is -0.584. The molecule has 5 nitrogen and oxygen atoms in total. The molecule has 0 aliphatic carbocycles. The van der Waals surface area contributed by atoms with Crippen LogP contribution in [0.25, 0.3) is 6.08 Å². The Bertz CT molecular complexity index is 1010. The van der Waals surface area contributed by atoms with Crippen LogP contribution in [0.15, 0.2) is 74.2 Å². The molecule has 7 heteroatoms. The number of hydrogen-bond donors (Lipinski definition) is 1. The van der Waals surface area contributed by atoms with Crippen LogP contribution in [0.2, 0.25) is 0 Å². The number of carbonyl (C=O) groups is 1. The van der Waals surface area contributed by atoms with Crippen molar-refractivity contribution in [3.63, 3.8) is 0 Å². The fourth-order valence-electron chi connectivity index (χ4n) is 2.74. The number of rotatable bonds is 5. The van der Waals surface area contributed by atoms with E-state index >= 15 is 0 Å². The Morgan fingerprint density at radius 2 is 1.97 bits per heavy atom. The molecule has 0 bridgehead atoms. The van der Waals surface area contributed by atoms with E-state index in [9.17, 15) is 9.90 Å². The predicted molar refractivity (Wildman–Crippen MR) is 124 cm³/mol. The Labute approximate surface area is 182 Å². The van der Waals surface area contributed by atoms with Crippen LogP contribution in [0.1, 0.15) is 12.5 Å². The van der Waals surface area contributed by atoms with Crippen molar-refractivity contribution in [1.82, 2.24) is 0 Å². The molecule has 0 fully saturated rings. The van der Waals surface area contributed by atoms with E-state index in [-0.39, 0.29) is 17.9 Å². The zero-order valence-corrected chi connectivity index (χ0v) is 18.8. The second kappa shape index (κ2) is 9.33. The van der Waals surface area contributed by atoms with E-state index in [1.807, 2.05) is 73.6 Å². The van der Waals surface area contributed by atoms with Gasteiger partial charge in [0, 0.05) is 18.6 Å². The maximum atomic E-state index is 12.5. The summed E-state index contributed by atoms with van der Waals surface area (Å²) in [5.74, 6) is -0.698. The smallest absolute Gasteiger partial charge is 0.344 e. The van der Waals surface area contributed by atoms with Gasteiger partial charge in [0.1, 0.15) is 16.4 Å². The Balaban J connectivity index is 2.02. The summed E-state index contributed by atoms with van der Waals surface area (Å²) >= 11 is 4.82. The first-order chi connectivity index (χ1) is 13.9. The summed E-state index contributed by atoms with van der Waals surface area (Å²) in [7, 11) is 3.94. The minimum Gasteiger partial charge on any atom is -0.506 e. The standard InChI is InChI=1S/C22H21BrN2O3S/c1-4-28-22(27)19-20(26)18(29-21(19)24-15-8-6-5-7-9-15)13-14-10-11-17(25(2)3)16(23)12-14/h5-13,26H,4H2,1-3H3/b18-13-,24-21?. The molecule has 0 spiro atoms. The van der Waals surface area contributed by atoms with Gasteiger partial charge in [0.15, 0.2) is 0 Å². The van der Waals surface area contributed by atoms with Crippen LogP contribution >= 0.6 is 27.7 Å². The molecule has 0 unspecified atom stereocenters. The van der Waals surface area contributed by atoms with E-state index in [2.05, 4.69) is 20.9 Å². The van der Waals surface area contributed by atoms with Crippen LogP contribution < -0.4 is 4.90 Å². The van der Waals surface area contributed by atoms with Crippen LogP contribution in [0, 0.1) is 0 Å². The zero-order chi connectivity index (χ0) is 21.0. The monoisotopic (exact) mass is 472 g/mol. The first kappa shape index (κ1) is 21.2. The molecule has 0 amide bonds. The van der Waals surface area contributed by atoms with Crippen molar-refractivity contribution in [2.24, 2.45) is 4.99 Å². The number of carbonyl (C=O) groups excluding carboxylic acids is 1. The van der Waals surface area contributed by atoms with Crippen molar-refractivity contribution in [2.75, 3.05) is 25.6 Å². The number of aliphatic hydroxyl groups is 1. The molecule has 1 aliphatic rings. The highest BCUT2D eigenvalue weighted by Crippen LogP contribution is 2.40. The van der Waals surface area contributed by atoms with Gasteiger partial charge in [-0.25, -0.2) is 9.79 Å². The van der Waals surface area contributed by atoms with E-state index in [1.165, 1.54) is 11.8 Å². The van der Waals surface area contributed by atoms with Gasteiger partial charge in [-0.05, 0) is 58.8 Å². The quantitative estimate of drug-likeness (QED) is 0.564. The molecule has 3 rings (SSSR count). The number of nitrogens with zero attached hydrogens (tertiary/aromatic N) is 2.